The predicted molar refractivity (Wildman–Crippen MR) is 55.8 cm³/mol. The van der Waals surface area contributed by atoms with Crippen LogP contribution in [0.4, 0.5) is 0 Å². The lowest BCUT2D eigenvalue weighted by molar-refractivity contribution is 0.356. The molecule has 0 aromatic carbocycles. The highest BCUT2D eigenvalue weighted by Gasteiger charge is 2.15. The molecule has 6 heteroatoms. The number of aromatic nitrogens is 3. The van der Waals surface area contributed by atoms with Crippen LogP contribution in [-0.4, -0.2) is 15.1 Å². The number of nitrogens with zero attached hydrogens (tertiary/aromatic N) is 3. The third-order valence-electron chi connectivity index (χ3n) is 1.76. The Balaban J connectivity index is 2.22. The summed E-state index contributed by atoms with van der Waals surface area (Å²) in [6, 6.07) is -0.408. The molecule has 2 aromatic heterocycles. The third kappa shape index (κ3) is 2.03. The van der Waals surface area contributed by atoms with Crippen LogP contribution in [0.2, 0.25) is 0 Å². The number of hydrogen-bond donors (Lipinski definition) is 1. The van der Waals surface area contributed by atoms with Gasteiger partial charge < -0.3 is 10.3 Å². The van der Waals surface area contributed by atoms with Crippen molar-refractivity contribution in [3.63, 3.8) is 0 Å². The lowest BCUT2D eigenvalue weighted by atomic mass is 10.2. The highest BCUT2D eigenvalue weighted by molar-refractivity contribution is 7.07. The van der Waals surface area contributed by atoms with Gasteiger partial charge in [-0.3, -0.25) is 0 Å². The zero-order chi connectivity index (χ0) is 10.7. The molecule has 0 radical (unpaired) electrons. The van der Waals surface area contributed by atoms with Gasteiger partial charge in [0.15, 0.2) is 0 Å². The number of rotatable bonds is 3. The molecule has 0 amide bonds. The molecule has 0 spiro atoms. The van der Waals surface area contributed by atoms with Crippen molar-refractivity contribution in [3.8, 4) is 23.9 Å². The smallest absolute Gasteiger partial charge is 0.244 e. The summed E-state index contributed by atoms with van der Waals surface area (Å²) in [6.45, 7) is 0. The highest BCUT2D eigenvalue weighted by Crippen LogP contribution is 2.18. The summed E-state index contributed by atoms with van der Waals surface area (Å²) in [5.74, 6) is 3.23. The lowest BCUT2D eigenvalue weighted by Gasteiger charge is -1.98. The van der Waals surface area contributed by atoms with E-state index in [-0.39, 0.29) is 0 Å². The molecule has 2 N–H and O–H groups in total. The molecule has 1 unspecified atom stereocenters. The van der Waals surface area contributed by atoms with Crippen molar-refractivity contribution in [1.82, 2.24) is 15.1 Å². The quantitative estimate of drug-likeness (QED) is 0.787. The third-order valence-corrected chi connectivity index (χ3v) is 2.34. The first-order chi connectivity index (χ1) is 7.31. The van der Waals surface area contributed by atoms with Gasteiger partial charge in [-0.15, -0.1) is 23.7 Å². The lowest BCUT2D eigenvalue weighted by Crippen LogP contribution is -2.09. The Bertz CT molecular complexity index is 471. The van der Waals surface area contributed by atoms with E-state index in [1.165, 1.54) is 11.3 Å². The summed E-state index contributed by atoms with van der Waals surface area (Å²) in [5, 5.41) is 5.61. The van der Waals surface area contributed by atoms with Gasteiger partial charge in [-0.25, -0.2) is 4.98 Å². The van der Waals surface area contributed by atoms with Crippen molar-refractivity contribution in [1.29, 1.82) is 0 Å². The standard InChI is InChI=1S/C9H8N4OS/c1-2-3-6(10)9-12-8(13-14-9)7-4-15-5-11-7/h1,4-6H,3,10H2. The number of terminal acetylenes is 1. The summed E-state index contributed by atoms with van der Waals surface area (Å²) >= 11 is 1.47. The maximum Gasteiger partial charge on any atom is 0.244 e. The summed E-state index contributed by atoms with van der Waals surface area (Å²) < 4.78 is 4.99. The average Bonchev–Trinajstić information content (AvgIpc) is 2.89. The molecular weight excluding hydrogens is 212 g/mol. The Morgan fingerprint density at radius 3 is 3.20 bits per heavy atom. The maximum atomic E-state index is 5.72. The van der Waals surface area contributed by atoms with Crippen LogP contribution in [0.3, 0.4) is 0 Å². The summed E-state index contributed by atoms with van der Waals surface area (Å²) in [6.07, 6.45) is 5.51. The Morgan fingerprint density at radius 1 is 1.67 bits per heavy atom. The molecule has 2 heterocycles. The van der Waals surface area contributed by atoms with E-state index in [1.807, 2.05) is 5.38 Å². The van der Waals surface area contributed by atoms with Gasteiger partial charge in [-0.05, 0) is 0 Å². The van der Waals surface area contributed by atoms with Gasteiger partial charge in [0.1, 0.15) is 5.69 Å². The van der Waals surface area contributed by atoms with Crippen molar-refractivity contribution in [2.24, 2.45) is 5.73 Å². The molecular formula is C9H8N4OS. The van der Waals surface area contributed by atoms with Crippen LogP contribution >= 0.6 is 11.3 Å². The molecule has 0 aliphatic heterocycles. The second-order valence-electron chi connectivity index (χ2n) is 2.84. The second kappa shape index (κ2) is 4.21. The fourth-order valence-corrected chi connectivity index (χ4v) is 1.56. The van der Waals surface area contributed by atoms with Gasteiger partial charge in [0, 0.05) is 11.8 Å². The summed E-state index contributed by atoms with van der Waals surface area (Å²) in [7, 11) is 0. The fraction of sp³-hybridized carbons (Fsp3) is 0.222. The molecule has 0 bridgehead atoms. The van der Waals surface area contributed by atoms with Crippen molar-refractivity contribution in [3.05, 3.63) is 16.8 Å². The number of thiazole rings is 1. The van der Waals surface area contributed by atoms with Crippen LogP contribution in [-0.2, 0) is 0 Å². The van der Waals surface area contributed by atoms with E-state index in [2.05, 4.69) is 21.0 Å². The number of hydrogen-bond acceptors (Lipinski definition) is 6. The highest BCUT2D eigenvalue weighted by atomic mass is 32.1. The molecule has 1 atom stereocenters. The minimum Gasteiger partial charge on any atom is -0.337 e. The SMILES string of the molecule is C#CCC(N)c1nc(-c2cscn2)no1. The van der Waals surface area contributed by atoms with Crippen LogP contribution < -0.4 is 5.73 Å². The van der Waals surface area contributed by atoms with Crippen LogP contribution in [0.5, 0.6) is 0 Å². The summed E-state index contributed by atoms with van der Waals surface area (Å²) in [5.41, 5.74) is 8.10. The normalized spacial score (nSPS) is 12.3. The van der Waals surface area contributed by atoms with Crippen LogP contribution in [0, 0.1) is 12.3 Å². The minimum absolute atomic E-state index is 0.343. The molecule has 2 rings (SSSR count). The molecule has 2 aromatic rings. The Morgan fingerprint density at radius 2 is 2.53 bits per heavy atom. The number of nitrogens with two attached hydrogens (primary N) is 1. The van der Waals surface area contributed by atoms with Crippen molar-refractivity contribution in [2.45, 2.75) is 12.5 Å². The van der Waals surface area contributed by atoms with E-state index < -0.39 is 6.04 Å². The molecule has 15 heavy (non-hydrogen) atoms. The topological polar surface area (TPSA) is 77.8 Å². The molecule has 0 saturated carbocycles. The first-order valence-electron chi connectivity index (χ1n) is 4.22. The van der Waals surface area contributed by atoms with E-state index in [0.717, 1.165) is 0 Å². The second-order valence-corrected chi connectivity index (χ2v) is 3.56. The molecule has 0 fully saturated rings. The van der Waals surface area contributed by atoms with Gasteiger partial charge in [-0.2, -0.15) is 4.98 Å². The van der Waals surface area contributed by atoms with Crippen LogP contribution in [0.25, 0.3) is 11.5 Å². The minimum atomic E-state index is -0.408. The maximum absolute atomic E-state index is 5.72. The van der Waals surface area contributed by atoms with E-state index in [0.29, 0.717) is 23.8 Å². The molecule has 0 saturated heterocycles. The van der Waals surface area contributed by atoms with Crippen molar-refractivity contribution in [2.75, 3.05) is 0 Å². The van der Waals surface area contributed by atoms with Crippen LogP contribution in [0.15, 0.2) is 15.4 Å². The summed E-state index contributed by atoms with van der Waals surface area (Å²) in [4.78, 5) is 8.17. The Labute approximate surface area is 90.3 Å². The fourth-order valence-electron chi connectivity index (χ4n) is 1.03. The van der Waals surface area contributed by atoms with Crippen LogP contribution in [0.1, 0.15) is 18.4 Å². The van der Waals surface area contributed by atoms with Crippen molar-refractivity contribution >= 4 is 11.3 Å². The van der Waals surface area contributed by atoms with Crippen molar-refractivity contribution < 1.29 is 4.52 Å². The van der Waals surface area contributed by atoms with E-state index in [1.54, 1.807) is 5.51 Å². The average molecular weight is 220 g/mol. The zero-order valence-electron chi connectivity index (χ0n) is 7.75. The van der Waals surface area contributed by atoms with Gasteiger partial charge in [0.25, 0.3) is 0 Å². The first-order valence-corrected chi connectivity index (χ1v) is 5.16. The molecule has 5 nitrogen and oxygen atoms in total. The monoisotopic (exact) mass is 220 g/mol. The Hall–Kier alpha value is -1.71. The van der Waals surface area contributed by atoms with Gasteiger partial charge in [0.2, 0.25) is 11.7 Å². The van der Waals surface area contributed by atoms with Gasteiger partial charge in [-0.1, -0.05) is 5.16 Å². The largest absolute Gasteiger partial charge is 0.337 e. The zero-order valence-corrected chi connectivity index (χ0v) is 8.57. The van der Waals surface area contributed by atoms with Gasteiger partial charge >= 0.3 is 0 Å². The molecule has 76 valence electrons. The predicted octanol–water partition coefficient (Wildman–Crippen LogP) is 1.22. The van der Waals surface area contributed by atoms with Gasteiger partial charge in [0.05, 0.1) is 11.6 Å². The molecule has 0 aliphatic rings. The van der Waals surface area contributed by atoms with E-state index in [9.17, 15) is 0 Å². The van der Waals surface area contributed by atoms with E-state index in [4.69, 9.17) is 16.7 Å². The van der Waals surface area contributed by atoms with E-state index >= 15 is 0 Å². The first kappa shape index (κ1) is 9.83. The molecule has 0 aliphatic carbocycles. The Kier molecular flexibility index (Phi) is 2.76.